The second kappa shape index (κ2) is 8.32. The van der Waals surface area contributed by atoms with Crippen molar-refractivity contribution in [3.8, 4) is 0 Å². The molecule has 2 aliphatic rings. The Bertz CT molecular complexity index is 263. The molecular formula is C16H30O4. The largest absolute Gasteiger partial charge is 0.376 e. The zero-order valence-corrected chi connectivity index (χ0v) is 13.2. The lowest BCUT2D eigenvalue weighted by Gasteiger charge is -2.20. The van der Waals surface area contributed by atoms with Crippen molar-refractivity contribution in [2.75, 3.05) is 19.8 Å². The van der Waals surface area contributed by atoms with Crippen molar-refractivity contribution in [2.24, 2.45) is 0 Å². The van der Waals surface area contributed by atoms with Crippen LogP contribution >= 0.6 is 0 Å². The summed E-state index contributed by atoms with van der Waals surface area (Å²) in [6, 6.07) is 0. The van der Waals surface area contributed by atoms with E-state index in [1.807, 2.05) is 0 Å². The Kier molecular flexibility index (Phi) is 6.75. The number of hydrogen-bond acceptors (Lipinski definition) is 4. The van der Waals surface area contributed by atoms with Gasteiger partial charge >= 0.3 is 0 Å². The summed E-state index contributed by atoms with van der Waals surface area (Å²) in [7, 11) is 0. The molecule has 0 bridgehead atoms. The molecule has 0 radical (unpaired) electrons. The van der Waals surface area contributed by atoms with E-state index < -0.39 is 0 Å². The van der Waals surface area contributed by atoms with Gasteiger partial charge in [0.15, 0.2) is 0 Å². The minimum Gasteiger partial charge on any atom is -0.376 e. The summed E-state index contributed by atoms with van der Waals surface area (Å²) in [5.74, 6) is 0. The molecule has 0 aromatic rings. The van der Waals surface area contributed by atoms with Gasteiger partial charge < -0.3 is 18.9 Å². The molecule has 2 rings (SSSR count). The van der Waals surface area contributed by atoms with Gasteiger partial charge in [-0.1, -0.05) is 0 Å². The topological polar surface area (TPSA) is 36.9 Å². The van der Waals surface area contributed by atoms with E-state index in [9.17, 15) is 0 Å². The monoisotopic (exact) mass is 286 g/mol. The summed E-state index contributed by atoms with van der Waals surface area (Å²) in [4.78, 5) is 0. The number of ether oxygens (including phenoxy) is 4. The van der Waals surface area contributed by atoms with Crippen LogP contribution in [0, 0.1) is 0 Å². The fourth-order valence-electron chi connectivity index (χ4n) is 2.86. The first-order chi connectivity index (χ1) is 9.63. The molecule has 0 amide bonds. The van der Waals surface area contributed by atoms with E-state index in [0.29, 0.717) is 12.2 Å². The van der Waals surface area contributed by atoms with E-state index in [1.165, 1.54) is 6.42 Å². The fraction of sp³-hybridized carbons (Fsp3) is 1.00. The Labute approximate surface area is 123 Å². The maximum Gasteiger partial charge on any atom is 0.0813 e. The molecule has 4 nitrogen and oxygen atoms in total. The van der Waals surface area contributed by atoms with Crippen LogP contribution in [-0.4, -0.2) is 50.3 Å². The van der Waals surface area contributed by atoms with Gasteiger partial charge in [-0.15, -0.1) is 0 Å². The molecule has 0 aromatic heterocycles. The molecule has 20 heavy (non-hydrogen) atoms. The number of hydrogen-bond donors (Lipinski definition) is 0. The summed E-state index contributed by atoms with van der Waals surface area (Å²) >= 11 is 0. The lowest BCUT2D eigenvalue weighted by Crippen LogP contribution is -2.24. The van der Waals surface area contributed by atoms with Crippen molar-refractivity contribution >= 4 is 0 Å². The fourth-order valence-corrected chi connectivity index (χ4v) is 2.86. The van der Waals surface area contributed by atoms with Crippen molar-refractivity contribution in [3.63, 3.8) is 0 Å². The average molecular weight is 286 g/mol. The molecule has 0 saturated carbocycles. The van der Waals surface area contributed by atoms with Crippen molar-refractivity contribution in [3.05, 3.63) is 0 Å². The standard InChI is InChI=1S/C16H30O4/c1-12(2)18-11-16-7-6-14(20-16)9-13(3)19-10-15-5-4-8-17-15/h12-16H,4-11H2,1-3H3/t13?,14?,15?,16-/m1/s1. The van der Waals surface area contributed by atoms with Crippen LogP contribution in [0.1, 0.15) is 52.9 Å². The van der Waals surface area contributed by atoms with Crippen molar-refractivity contribution in [1.29, 1.82) is 0 Å². The van der Waals surface area contributed by atoms with E-state index in [1.54, 1.807) is 0 Å². The summed E-state index contributed by atoms with van der Waals surface area (Å²) in [6.07, 6.45) is 6.96. The van der Waals surface area contributed by atoms with E-state index in [2.05, 4.69) is 20.8 Å². The summed E-state index contributed by atoms with van der Waals surface area (Å²) < 4.78 is 23.1. The van der Waals surface area contributed by atoms with Gasteiger partial charge in [0.2, 0.25) is 0 Å². The van der Waals surface area contributed by atoms with Crippen LogP contribution in [0.15, 0.2) is 0 Å². The third-order valence-electron chi connectivity index (χ3n) is 4.00. The second-order valence-corrected chi connectivity index (χ2v) is 6.35. The van der Waals surface area contributed by atoms with E-state index in [4.69, 9.17) is 18.9 Å². The van der Waals surface area contributed by atoms with Gasteiger partial charge in [-0.25, -0.2) is 0 Å². The molecule has 0 spiro atoms. The molecule has 4 atom stereocenters. The van der Waals surface area contributed by atoms with Crippen LogP contribution in [0.3, 0.4) is 0 Å². The summed E-state index contributed by atoms with van der Waals surface area (Å²) in [5.41, 5.74) is 0. The smallest absolute Gasteiger partial charge is 0.0813 e. The first-order valence-corrected chi connectivity index (χ1v) is 8.13. The Morgan fingerprint density at radius 3 is 2.40 bits per heavy atom. The highest BCUT2D eigenvalue weighted by molar-refractivity contribution is 4.76. The van der Waals surface area contributed by atoms with E-state index in [-0.39, 0.29) is 18.3 Å². The van der Waals surface area contributed by atoms with Crippen LogP contribution in [-0.2, 0) is 18.9 Å². The Hall–Kier alpha value is -0.160. The van der Waals surface area contributed by atoms with Gasteiger partial charge in [-0.3, -0.25) is 0 Å². The van der Waals surface area contributed by atoms with Crippen molar-refractivity contribution < 1.29 is 18.9 Å². The molecule has 0 aromatic carbocycles. The Balaban J connectivity index is 1.56. The molecule has 2 fully saturated rings. The molecule has 2 heterocycles. The zero-order valence-electron chi connectivity index (χ0n) is 13.2. The molecule has 0 aliphatic carbocycles. The van der Waals surface area contributed by atoms with Gasteiger partial charge in [0, 0.05) is 6.61 Å². The Morgan fingerprint density at radius 1 is 0.950 bits per heavy atom. The SMILES string of the molecule is CC(C)OC[C@H]1CCC(CC(C)OCC2CCCO2)O1. The molecule has 4 heteroatoms. The van der Waals surface area contributed by atoms with Crippen LogP contribution in [0.2, 0.25) is 0 Å². The minimum atomic E-state index is 0.244. The minimum absolute atomic E-state index is 0.244. The van der Waals surface area contributed by atoms with Gasteiger partial charge in [0.1, 0.15) is 0 Å². The van der Waals surface area contributed by atoms with Crippen molar-refractivity contribution in [1.82, 2.24) is 0 Å². The van der Waals surface area contributed by atoms with E-state index >= 15 is 0 Å². The second-order valence-electron chi connectivity index (χ2n) is 6.35. The van der Waals surface area contributed by atoms with Gasteiger partial charge in [0.25, 0.3) is 0 Å². The average Bonchev–Trinajstić information content (AvgIpc) is 3.05. The van der Waals surface area contributed by atoms with Gasteiger partial charge in [-0.2, -0.15) is 0 Å². The molecule has 0 N–H and O–H groups in total. The lowest BCUT2D eigenvalue weighted by molar-refractivity contribution is -0.0604. The van der Waals surface area contributed by atoms with Gasteiger partial charge in [-0.05, 0) is 52.9 Å². The number of rotatable bonds is 8. The molecular weight excluding hydrogens is 256 g/mol. The predicted octanol–water partition coefficient (Wildman–Crippen LogP) is 2.93. The normalized spacial score (nSPS) is 32.1. The maximum absolute atomic E-state index is 6.02. The van der Waals surface area contributed by atoms with Gasteiger partial charge in [0.05, 0.1) is 43.7 Å². The zero-order chi connectivity index (χ0) is 14.4. The van der Waals surface area contributed by atoms with E-state index in [0.717, 1.165) is 45.5 Å². The van der Waals surface area contributed by atoms with Crippen LogP contribution in [0.25, 0.3) is 0 Å². The predicted molar refractivity (Wildman–Crippen MR) is 78.0 cm³/mol. The third kappa shape index (κ3) is 5.68. The van der Waals surface area contributed by atoms with Crippen LogP contribution in [0.5, 0.6) is 0 Å². The maximum atomic E-state index is 6.02. The van der Waals surface area contributed by atoms with Crippen LogP contribution in [0.4, 0.5) is 0 Å². The Morgan fingerprint density at radius 2 is 1.70 bits per heavy atom. The molecule has 3 unspecified atom stereocenters. The first kappa shape index (κ1) is 16.2. The molecule has 2 aliphatic heterocycles. The van der Waals surface area contributed by atoms with Crippen molar-refractivity contribution in [2.45, 2.75) is 83.4 Å². The highest BCUT2D eigenvalue weighted by atomic mass is 16.6. The summed E-state index contributed by atoms with van der Waals surface area (Å²) in [5, 5.41) is 0. The highest BCUT2D eigenvalue weighted by Crippen LogP contribution is 2.24. The quantitative estimate of drug-likeness (QED) is 0.687. The molecule has 118 valence electrons. The highest BCUT2D eigenvalue weighted by Gasteiger charge is 2.27. The third-order valence-corrected chi connectivity index (χ3v) is 4.00. The molecule has 2 saturated heterocycles. The summed E-state index contributed by atoms with van der Waals surface area (Å²) in [6.45, 7) is 8.61. The lowest BCUT2D eigenvalue weighted by atomic mass is 10.1. The van der Waals surface area contributed by atoms with Crippen LogP contribution < -0.4 is 0 Å². The first-order valence-electron chi connectivity index (χ1n) is 8.13.